The number of ether oxygens (including phenoxy) is 1. The predicted octanol–water partition coefficient (Wildman–Crippen LogP) is 4.95. The highest BCUT2D eigenvalue weighted by molar-refractivity contribution is 5.28. The van der Waals surface area contributed by atoms with Gasteiger partial charge in [-0.25, -0.2) is 0 Å². The van der Waals surface area contributed by atoms with Crippen LogP contribution in [0.25, 0.3) is 0 Å². The van der Waals surface area contributed by atoms with Gasteiger partial charge in [0.1, 0.15) is 0 Å². The van der Waals surface area contributed by atoms with Crippen LogP contribution in [0.5, 0.6) is 0 Å². The predicted molar refractivity (Wildman–Crippen MR) is 92.8 cm³/mol. The van der Waals surface area contributed by atoms with Gasteiger partial charge in [-0.05, 0) is 76.4 Å². The van der Waals surface area contributed by atoms with E-state index in [1.165, 1.54) is 22.3 Å². The maximum Gasteiger partial charge on any atom is 0.0977 e. The number of fused-ring (bicyclic) bond motifs is 1. The summed E-state index contributed by atoms with van der Waals surface area (Å²) in [4.78, 5) is 0. The molecule has 1 aliphatic carbocycles. The van der Waals surface area contributed by atoms with Crippen molar-refractivity contribution >= 4 is 0 Å². The standard InChI is InChI=1S/C20H32O2/c1-14-6-5-7-16(3)19(21)11-9-15(2)12-20-18(10-8-14)17(4)13-22-20/h6,12,16,19-21H,5,7-11,13H2,1-4H3/b14-6+,15-12+/t16-,19-,20+/m1/s1. The largest absolute Gasteiger partial charge is 0.393 e. The van der Waals surface area contributed by atoms with E-state index >= 15 is 0 Å². The van der Waals surface area contributed by atoms with Gasteiger partial charge in [-0.2, -0.15) is 0 Å². The number of aliphatic hydroxyl groups is 1. The highest BCUT2D eigenvalue weighted by Crippen LogP contribution is 2.29. The molecule has 0 aromatic carbocycles. The van der Waals surface area contributed by atoms with E-state index in [0.717, 1.165) is 45.1 Å². The van der Waals surface area contributed by atoms with Crippen molar-refractivity contribution in [3.8, 4) is 0 Å². The molecule has 2 aliphatic rings. The highest BCUT2D eigenvalue weighted by atomic mass is 16.5. The first-order valence-corrected chi connectivity index (χ1v) is 8.78. The van der Waals surface area contributed by atoms with E-state index in [0.29, 0.717) is 5.92 Å². The quantitative estimate of drug-likeness (QED) is 0.642. The van der Waals surface area contributed by atoms with Crippen molar-refractivity contribution in [2.24, 2.45) is 5.92 Å². The zero-order valence-corrected chi connectivity index (χ0v) is 14.7. The third-order valence-electron chi connectivity index (χ3n) is 5.20. The minimum Gasteiger partial charge on any atom is -0.393 e. The third kappa shape index (κ3) is 4.82. The molecule has 0 radical (unpaired) electrons. The SMILES string of the molecule is CC1=C2CC/C(C)=C/CC[C@@H](C)[C@H](O)CC/C(C)=C/[C@@H]2OC1. The second kappa shape index (κ2) is 8.12. The average Bonchev–Trinajstić information content (AvgIpc) is 2.82. The maximum atomic E-state index is 10.3. The van der Waals surface area contributed by atoms with Crippen LogP contribution >= 0.6 is 0 Å². The van der Waals surface area contributed by atoms with Crippen LogP contribution in [0.4, 0.5) is 0 Å². The van der Waals surface area contributed by atoms with Gasteiger partial charge in [-0.15, -0.1) is 0 Å². The molecular formula is C20H32O2. The lowest BCUT2D eigenvalue weighted by Gasteiger charge is -2.20. The Labute approximate surface area is 136 Å². The van der Waals surface area contributed by atoms with E-state index in [4.69, 9.17) is 4.74 Å². The Bertz CT molecular complexity index is 470. The van der Waals surface area contributed by atoms with Crippen molar-refractivity contribution in [1.29, 1.82) is 0 Å². The minimum atomic E-state index is -0.193. The lowest BCUT2D eigenvalue weighted by Crippen LogP contribution is -2.17. The number of aliphatic hydroxyl groups excluding tert-OH is 1. The summed E-state index contributed by atoms with van der Waals surface area (Å²) in [5.74, 6) is 0.375. The van der Waals surface area contributed by atoms with Crippen LogP contribution in [0.15, 0.2) is 34.4 Å². The van der Waals surface area contributed by atoms with E-state index in [1.807, 2.05) is 0 Å². The Morgan fingerprint density at radius 2 is 1.82 bits per heavy atom. The topological polar surface area (TPSA) is 29.5 Å². The Kier molecular flexibility index (Phi) is 6.46. The van der Waals surface area contributed by atoms with Crippen LogP contribution < -0.4 is 0 Å². The van der Waals surface area contributed by atoms with Crippen molar-refractivity contribution < 1.29 is 9.84 Å². The van der Waals surface area contributed by atoms with Gasteiger partial charge in [-0.1, -0.05) is 30.2 Å². The van der Waals surface area contributed by atoms with Crippen LogP contribution in [0.1, 0.15) is 66.2 Å². The summed E-state index contributed by atoms with van der Waals surface area (Å²) in [5.41, 5.74) is 5.68. The molecule has 124 valence electrons. The Morgan fingerprint density at radius 1 is 1.05 bits per heavy atom. The van der Waals surface area contributed by atoms with E-state index < -0.39 is 0 Å². The fourth-order valence-corrected chi connectivity index (χ4v) is 3.38. The summed E-state index contributed by atoms with van der Waals surface area (Å²) in [5, 5.41) is 10.3. The van der Waals surface area contributed by atoms with Gasteiger partial charge in [0.2, 0.25) is 0 Å². The van der Waals surface area contributed by atoms with Crippen molar-refractivity contribution in [1.82, 2.24) is 0 Å². The fourth-order valence-electron chi connectivity index (χ4n) is 3.38. The molecule has 0 aromatic heterocycles. The molecule has 2 heteroatoms. The van der Waals surface area contributed by atoms with Gasteiger partial charge in [0.25, 0.3) is 0 Å². The second-order valence-corrected chi connectivity index (χ2v) is 7.26. The van der Waals surface area contributed by atoms with E-state index in [1.54, 1.807) is 0 Å². The molecule has 1 aliphatic heterocycles. The molecule has 2 rings (SSSR count). The van der Waals surface area contributed by atoms with Crippen molar-refractivity contribution in [2.45, 2.75) is 78.4 Å². The van der Waals surface area contributed by atoms with Crippen LogP contribution in [0, 0.1) is 5.92 Å². The molecule has 1 N–H and O–H groups in total. The molecule has 0 unspecified atom stereocenters. The van der Waals surface area contributed by atoms with E-state index in [2.05, 4.69) is 39.8 Å². The van der Waals surface area contributed by atoms with Crippen molar-refractivity contribution in [3.63, 3.8) is 0 Å². The first-order chi connectivity index (χ1) is 10.5. The number of hydrogen-bond acceptors (Lipinski definition) is 2. The third-order valence-corrected chi connectivity index (χ3v) is 5.20. The molecular weight excluding hydrogens is 272 g/mol. The molecule has 0 aromatic rings. The molecule has 3 atom stereocenters. The number of rotatable bonds is 0. The van der Waals surface area contributed by atoms with E-state index in [9.17, 15) is 5.11 Å². The van der Waals surface area contributed by atoms with Crippen molar-refractivity contribution in [3.05, 3.63) is 34.4 Å². The molecule has 0 saturated heterocycles. The summed E-state index contributed by atoms with van der Waals surface area (Å²) in [6.45, 7) is 9.54. The normalized spacial score (nSPS) is 36.9. The second-order valence-electron chi connectivity index (χ2n) is 7.26. The van der Waals surface area contributed by atoms with Gasteiger partial charge in [0.15, 0.2) is 0 Å². The molecule has 22 heavy (non-hydrogen) atoms. The molecule has 0 saturated carbocycles. The zero-order valence-electron chi connectivity index (χ0n) is 14.7. The van der Waals surface area contributed by atoms with Crippen LogP contribution in [0.3, 0.4) is 0 Å². The zero-order chi connectivity index (χ0) is 16.1. The lowest BCUT2D eigenvalue weighted by atomic mass is 9.91. The summed E-state index contributed by atoms with van der Waals surface area (Å²) >= 11 is 0. The smallest absolute Gasteiger partial charge is 0.0977 e. The molecule has 0 amide bonds. The first-order valence-electron chi connectivity index (χ1n) is 8.78. The lowest BCUT2D eigenvalue weighted by molar-refractivity contribution is 0.103. The summed E-state index contributed by atoms with van der Waals surface area (Å²) in [7, 11) is 0. The monoisotopic (exact) mass is 304 g/mol. The Hall–Kier alpha value is -0.860. The average molecular weight is 304 g/mol. The first kappa shape index (κ1) is 17.5. The number of hydrogen-bond donors (Lipinski definition) is 1. The minimum absolute atomic E-state index is 0.158. The molecule has 0 fully saturated rings. The van der Waals surface area contributed by atoms with Gasteiger partial charge in [0, 0.05) is 0 Å². The molecule has 1 heterocycles. The van der Waals surface area contributed by atoms with E-state index in [-0.39, 0.29) is 12.2 Å². The van der Waals surface area contributed by atoms with Crippen LogP contribution in [-0.2, 0) is 4.74 Å². The summed E-state index contributed by atoms with van der Waals surface area (Å²) < 4.78 is 5.95. The van der Waals surface area contributed by atoms with Gasteiger partial charge in [0.05, 0.1) is 18.8 Å². The van der Waals surface area contributed by atoms with Crippen LogP contribution in [-0.4, -0.2) is 23.9 Å². The van der Waals surface area contributed by atoms with Crippen LogP contribution in [0.2, 0.25) is 0 Å². The molecule has 2 nitrogen and oxygen atoms in total. The fraction of sp³-hybridized carbons (Fsp3) is 0.700. The molecule has 0 spiro atoms. The van der Waals surface area contributed by atoms with Gasteiger partial charge >= 0.3 is 0 Å². The Balaban J connectivity index is 2.15. The number of allylic oxidation sites excluding steroid dienone is 3. The molecule has 0 bridgehead atoms. The van der Waals surface area contributed by atoms with Gasteiger partial charge < -0.3 is 9.84 Å². The summed E-state index contributed by atoms with van der Waals surface area (Å²) in [6.07, 6.45) is 10.8. The van der Waals surface area contributed by atoms with Gasteiger partial charge in [-0.3, -0.25) is 0 Å². The van der Waals surface area contributed by atoms with Crippen molar-refractivity contribution in [2.75, 3.05) is 6.61 Å². The summed E-state index contributed by atoms with van der Waals surface area (Å²) in [6, 6.07) is 0. The maximum absolute atomic E-state index is 10.3. The highest BCUT2D eigenvalue weighted by Gasteiger charge is 2.22. The Morgan fingerprint density at radius 3 is 2.59 bits per heavy atom.